The summed E-state index contributed by atoms with van der Waals surface area (Å²) in [6.07, 6.45) is 5.82. The van der Waals surface area contributed by atoms with Crippen molar-refractivity contribution in [2.75, 3.05) is 18.8 Å². The fraction of sp³-hybridized carbons (Fsp3) is 0.588. The quantitative estimate of drug-likeness (QED) is 0.737. The van der Waals surface area contributed by atoms with Gasteiger partial charge in [-0.2, -0.15) is 0 Å². The Morgan fingerprint density at radius 2 is 1.82 bits per heavy atom. The molecule has 1 saturated carbocycles. The summed E-state index contributed by atoms with van der Waals surface area (Å²) in [5, 5.41) is 13.2. The number of carbonyl (C=O) groups excluding carboxylic acids is 1. The van der Waals surface area contributed by atoms with Gasteiger partial charge in [-0.3, -0.25) is 9.69 Å². The van der Waals surface area contributed by atoms with Crippen molar-refractivity contribution in [3.63, 3.8) is 0 Å². The highest BCUT2D eigenvalue weighted by Crippen LogP contribution is 2.26. The zero-order valence-electron chi connectivity index (χ0n) is 12.9. The van der Waals surface area contributed by atoms with Gasteiger partial charge in [-0.25, -0.2) is 0 Å². The van der Waals surface area contributed by atoms with Gasteiger partial charge in [0.25, 0.3) is 5.91 Å². The van der Waals surface area contributed by atoms with Gasteiger partial charge in [0.2, 0.25) is 0 Å². The Bertz CT molecular complexity index is 511. The first-order valence-electron chi connectivity index (χ1n) is 8.22. The number of nitrogens with two attached hydrogens (primary N) is 1. The fourth-order valence-corrected chi connectivity index (χ4v) is 3.59. The Hall–Kier alpha value is -1.59. The number of rotatable bonds is 3. The van der Waals surface area contributed by atoms with Crippen LogP contribution in [0.2, 0.25) is 0 Å². The van der Waals surface area contributed by atoms with Crippen molar-refractivity contribution in [2.45, 2.75) is 50.3 Å². The minimum Gasteiger partial charge on any atom is -0.399 e. The van der Waals surface area contributed by atoms with E-state index in [9.17, 15) is 9.90 Å². The first kappa shape index (κ1) is 15.3. The number of nitrogens with zero attached hydrogens (tertiary/aromatic N) is 1. The molecule has 2 atom stereocenters. The summed E-state index contributed by atoms with van der Waals surface area (Å²) in [5.41, 5.74) is 6.86. The Morgan fingerprint density at radius 3 is 2.50 bits per heavy atom. The minimum absolute atomic E-state index is 0.144. The second-order valence-electron chi connectivity index (χ2n) is 6.52. The van der Waals surface area contributed by atoms with E-state index in [1.807, 2.05) is 0 Å². The molecule has 1 aliphatic heterocycles. The largest absolute Gasteiger partial charge is 0.399 e. The molecule has 1 aromatic rings. The molecule has 2 unspecified atom stereocenters. The van der Waals surface area contributed by atoms with Crippen molar-refractivity contribution in [3.05, 3.63) is 29.8 Å². The maximum Gasteiger partial charge on any atom is 0.251 e. The van der Waals surface area contributed by atoms with Crippen LogP contribution in [0.4, 0.5) is 5.69 Å². The number of likely N-dealkylation sites (tertiary alicyclic amines) is 1. The number of amides is 1. The lowest BCUT2D eigenvalue weighted by Crippen LogP contribution is -2.43. The van der Waals surface area contributed by atoms with Crippen molar-refractivity contribution in [1.82, 2.24) is 10.2 Å². The third-order valence-corrected chi connectivity index (χ3v) is 4.90. The van der Waals surface area contributed by atoms with Gasteiger partial charge in [-0.05, 0) is 37.1 Å². The van der Waals surface area contributed by atoms with E-state index in [2.05, 4.69) is 10.2 Å². The smallest absolute Gasteiger partial charge is 0.251 e. The monoisotopic (exact) mass is 303 g/mol. The summed E-state index contributed by atoms with van der Waals surface area (Å²) in [6.45, 7) is 1.41. The van der Waals surface area contributed by atoms with Gasteiger partial charge < -0.3 is 16.2 Å². The van der Waals surface area contributed by atoms with Gasteiger partial charge in [0.05, 0.1) is 12.1 Å². The van der Waals surface area contributed by atoms with Crippen molar-refractivity contribution in [3.8, 4) is 0 Å². The fourth-order valence-electron chi connectivity index (χ4n) is 3.59. The standard InChI is InChI=1S/C17H25N3O2/c18-13-8-6-12(7-9-13)17(22)19-15-10-20(11-16(15)21)14-4-2-1-3-5-14/h6-9,14-16,21H,1-5,10-11,18H2,(H,19,22). The van der Waals surface area contributed by atoms with Crippen LogP contribution in [-0.2, 0) is 0 Å². The number of nitrogen functional groups attached to an aromatic ring is 1. The van der Waals surface area contributed by atoms with Gasteiger partial charge in [-0.15, -0.1) is 0 Å². The molecule has 120 valence electrons. The van der Waals surface area contributed by atoms with Crippen molar-refractivity contribution >= 4 is 11.6 Å². The zero-order chi connectivity index (χ0) is 15.5. The van der Waals surface area contributed by atoms with Gasteiger partial charge >= 0.3 is 0 Å². The highest BCUT2D eigenvalue weighted by atomic mass is 16.3. The molecule has 22 heavy (non-hydrogen) atoms. The molecule has 4 N–H and O–H groups in total. The normalized spacial score (nSPS) is 27.0. The summed E-state index contributed by atoms with van der Waals surface area (Å²) < 4.78 is 0. The predicted molar refractivity (Wildman–Crippen MR) is 86.6 cm³/mol. The van der Waals surface area contributed by atoms with Gasteiger partial charge in [0, 0.05) is 30.4 Å². The molecular weight excluding hydrogens is 278 g/mol. The van der Waals surface area contributed by atoms with E-state index in [1.165, 1.54) is 32.1 Å². The van der Waals surface area contributed by atoms with Gasteiger partial charge in [-0.1, -0.05) is 19.3 Å². The van der Waals surface area contributed by atoms with E-state index in [-0.39, 0.29) is 11.9 Å². The summed E-state index contributed by atoms with van der Waals surface area (Å²) in [7, 11) is 0. The Labute approximate surface area is 131 Å². The average molecular weight is 303 g/mol. The van der Waals surface area contributed by atoms with E-state index in [1.54, 1.807) is 24.3 Å². The molecule has 5 nitrogen and oxygen atoms in total. The molecular formula is C17H25N3O2. The molecule has 1 amide bonds. The van der Waals surface area contributed by atoms with E-state index in [0.717, 1.165) is 6.54 Å². The van der Waals surface area contributed by atoms with Crippen LogP contribution >= 0.6 is 0 Å². The SMILES string of the molecule is Nc1ccc(C(=O)NC2CN(C3CCCCC3)CC2O)cc1. The molecule has 1 aliphatic carbocycles. The maximum absolute atomic E-state index is 12.3. The summed E-state index contributed by atoms with van der Waals surface area (Å²) in [5.74, 6) is -0.144. The number of nitrogens with one attached hydrogen (secondary N) is 1. The summed E-state index contributed by atoms with van der Waals surface area (Å²) >= 11 is 0. The predicted octanol–water partition coefficient (Wildman–Crippen LogP) is 1.38. The molecule has 1 saturated heterocycles. The number of aliphatic hydroxyl groups excluding tert-OH is 1. The van der Waals surface area contributed by atoms with Gasteiger partial charge in [0.15, 0.2) is 0 Å². The van der Waals surface area contributed by atoms with E-state index >= 15 is 0 Å². The minimum atomic E-state index is -0.486. The van der Waals surface area contributed by atoms with Crippen molar-refractivity contribution in [2.24, 2.45) is 0 Å². The number of benzene rings is 1. The molecule has 0 bridgehead atoms. The molecule has 0 spiro atoms. The molecule has 3 rings (SSSR count). The number of β-amino-alcohol motifs (C(OH)–C–C–N with tert-alkyl or cyclic N) is 1. The van der Waals surface area contributed by atoms with Crippen LogP contribution in [-0.4, -0.2) is 47.2 Å². The van der Waals surface area contributed by atoms with Crippen LogP contribution in [0.5, 0.6) is 0 Å². The Balaban J connectivity index is 1.58. The third-order valence-electron chi connectivity index (χ3n) is 4.90. The second kappa shape index (κ2) is 6.67. The highest BCUT2D eigenvalue weighted by molar-refractivity contribution is 5.94. The van der Waals surface area contributed by atoms with E-state index in [4.69, 9.17) is 5.73 Å². The number of hydrogen-bond donors (Lipinski definition) is 3. The molecule has 1 heterocycles. The van der Waals surface area contributed by atoms with Crippen molar-refractivity contribution in [1.29, 1.82) is 0 Å². The third kappa shape index (κ3) is 3.42. The molecule has 0 aromatic heterocycles. The molecule has 0 radical (unpaired) electrons. The molecule has 5 heteroatoms. The van der Waals surface area contributed by atoms with Crippen LogP contribution in [0, 0.1) is 0 Å². The molecule has 2 aliphatic rings. The van der Waals surface area contributed by atoms with E-state index in [0.29, 0.717) is 23.8 Å². The first-order chi connectivity index (χ1) is 10.6. The lowest BCUT2D eigenvalue weighted by molar-refractivity contribution is 0.0887. The van der Waals surface area contributed by atoms with Crippen LogP contribution in [0.3, 0.4) is 0 Å². The van der Waals surface area contributed by atoms with Crippen LogP contribution in [0.15, 0.2) is 24.3 Å². The number of carbonyl (C=O) groups is 1. The second-order valence-corrected chi connectivity index (χ2v) is 6.52. The number of anilines is 1. The highest BCUT2D eigenvalue weighted by Gasteiger charge is 2.36. The molecule has 2 fully saturated rings. The average Bonchev–Trinajstić information content (AvgIpc) is 2.90. The van der Waals surface area contributed by atoms with Crippen LogP contribution in [0.25, 0.3) is 0 Å². The summed E-state index contributed by atoms with van der Waals surface area (Å²) in [6, 6.07) is 7.24. The van der Waals surface area contributed by atoms with Crippen LogP contribution in [0.1, 0.15) is 42.5 Å². The Morgan fingerprint density at radius 1 is 1.14 bits per heavy atom. The summed E-state index contributed by atoms with van der Waals surface area (Å²) in [4.78, 5) is 14.6. The van der Waals surface area contributed by atoms with Gasteiger partial charge in [0.1, 0.15) is 0 Å². The van der Waals surface area contributed by atoms with Crippen molar-refractivity contribution < 1.29 is 9.90 Å². The van der Waals surface area contributed by atoms with E-state index < -0.39 is 6.10 Å². The molecule has 1 aromatic carbocycles. The van der Waals surface area contributed by atoms with Crippen LogP contribution < -0.4 is 11.1 Å². The lowest BCUT2D eigenvalue weighted by atomic mass is 9.94. The lowest BCUT2D eigenvalue weighted by Gasteiger charge is -2.30. The number of hydrogen-bond acceptors (Lipinski definition) is 4. The maximum atomic E-state index is 12.3. The Kier molecular flexibility index (Phi) is 4.64. The number of aliphatic hydroxyl groups is 1. The first-order valence-corrected chi connectivity index (χ1v) is 8.22. The topological polar surface area (TPSA) is 78.6 Å². The zero-order valence-corrected chi connectivity index (χ0v) is 12.9.